The van der Waals surface area contributed by atoms with Crippen LogP contribution in [0.1, 0.15) is 33.0 Å². The minimum absolute atomic E-state index is 0.0104. The lowest BCUT2D eigenvalue weighted by atomic mass is 9.99. The van der Waals surface area contributed by atoms with Crippen molar-refractivity contribution in [3.63, 3.8) is 0 Å². The van der Waals surface area contributed by atoms with Gasteiger partial charge in [-0.3, -0.25) is 4.79 Å². The highest BCUT2D eigenvalue weighted by molar-refractivity contribution is 5.91. The van der Waals surface area contributed by atoms with E-state index in [0.717, 1.165) is 23.3 Å². The molecular formula is C18H23NO3. The zero-order valence-electron chi connectivity index (χ0n) is 13.3. The summed E-state index contributed by atoms with van der Waals surface area (Å²) in [6.07, 6.45) is 0.729. The molecule has 0 aliphatic rings. The lowest BCUT2D eigenvalue weighted by Crippen LogP contribution is -2.31. The summed E-state index contributed by atoms with van der Waals surface area (Å²) in [5.74, 6) is 0.827. The summed E-state index contributed by atoms with van der Waals surface area (Å²) in [5, 5.41) is 12.3. The lowest BCUT2D eigenvalue weighted by molar-refractivity contribution is 0.0911. The van der Waals surface area contributed by atoms with Crippen molar-refractivity contribution in [3.8, 4) is 0 Å². The number of benzene rings is 1. The molecule has 0 saturated carbocycles. The second-order valence-electron chi connectivity index (χ2n) is 5.80. The number of rotatable bonds is 6. The molecule has 0 unspecified atom stereocenters. The number of aliphatic hydroxyl groups excluding tert-OH is 1. The molecule has 0 aliphatic heterocycles. The van der Waals surface area contributed by atoms with Gasteiger partial charge in [-0.05, 0) is 44.4 Å². The number of hydrogen-bond donors (Lipinski definition) is 2. The van der Waals surface area contributed by atoms with E-state index in [4.69, 9.17) is 4.42 Å². The van der Waals surface area contributed by atoms with E-state index in [-0.39, 0.29) is 18.4 Å². The number of aliphatic hydroxyl groups is 1. The molecule has 2 N–H and O–H groups in total. The third-order valence-corrected chi connectivity index (χ3v) is 3.84. The van der Waals surface area contributed by atoms with Crippen molar-refractivity contribution >= 4 is 5.91 Å². The Bertz CT molecular complexity index is 609. The summed E-state index contributed by atoms with van der Waals surface area (Å²) in [6.45, 7) is 6.23. The minimum Gasteiger partial charge on any atom is -0.456 e. The fourth-order valence-corrected chi connectivity index (χ4v) is 2.27. The van der Waals surface area contributed by atoms with Gasteiger partial charge in [0.05, 0.1) is 0 Å². The standard InChI is InChI=1S/C18H23NO3/c1-12-4-6-15(7-5-12)9-16(11-20)10-19-18(21)17-8-13(2)14(3)22-17/h4-8,16,20H,9-11H2,1-3H3,(H,19,21)/t16-/m1/s1. The van der Waals surface area contributed by atoms with E-state index in [2.05, 4.69) is 29.6 Å². The lowest BCUT2D eigenvalue weighted by Gasteiger charge is -2.15. The Kier molecular flexibility index (Phi) is 5.39. The molecule has 1 atom stereocenters. The smallest absolute Gasteiger partial charge is 0.287 e. The van der Waals surface area contributed by atoms with Crippen molar-refractivity contribution < 1.29 is 14.3 Å². The van der Waals surface area contributed by atoms with Gasteiger partial charge in [0, 0.05) is 19.1 Å². The highest BCUT2D eigenvalue weighted by Crippen LogP contribution is 2.13. The van der Waals surface area contributed by atoms with Crippen LogP contribution in [0.15, 0.2) is 34.7 Å². The predicted molar refractivity (Wildman–Crippen MR) is 86.0 cm³/mol. The molecule has 4 heteroatoms. The SMILES string of the molecule is Cc1ccc(C[C@@H](CO)CNC(=O)c2cc(C)c(C)o2)cc1. The van der Waals surface area contributed by atoms with Crippen LogP contribution in [0.4, 0.5) is 0 Å². The molecule has 0 radical (unpaired) electrons. The molecule has 0 saturated heterocycles. The van der Waals surface area contributed by atoms with Gasteiger partial charge in [-0.1, -0.05) is 29.8 Å². The Hall–Kier alpha value is -2.07. The number of aryl methyl sites for hydroxylation is 3. The molecule has 0 spiro atoms. The molecule has 0 bridgehead atoms. The number of furan rings is 1. The molecule has 1 aromatic carbocycles. The Morgan fingerprint density at radius 2 is 1.91 bits per heavy atom. The van der Waals surface area contributed by atoms with Gasteiger partial charge in [-0.25, -0.2) is 0 Å². The van der Waals surface area contributed by atoms with Crippen molar-refractivity contribution in [2.75, 3.05) is 13.2 Å². The summed E-state index contributed by atoms with van der Waals surface area (Å²) >= 11 is 0. The fourth-order valence-electron chi connectivity index (χ4n) is 2.27. The fraction of sp³-hybridized carbons (Fsp3) is 0.389. The van der Waals surface area contributed by atoms with Gasteiger partial charge >= 0.3 is 0 Å². The first-order valence-corrected chi connectivity index (χ1v) is 7.51. The first kappa shape index (κ1) is 16.3. The van der Waals surface area contributed by atoms with Gasteiger partial charge in [-0.2, -0.15) is 0 Å². The van der Waals surface area contributed by atoms with Gasteiger partial charge in [0.15, 0.2) is 5.76 Å². The average Bonchev–Trinajstić information content (AvgIpc) is 2.85. The van der Waals surface area contributed by atoms with Gasteiger partial charge in [0.25, 0.3) is 5.91 Å². The van der Waals surface area contributed by atoms with Crippen molar-refractivity contribution in [1.82, 2.24) is 5.32 Å². The number of carbonyl (C=O) groups excluding carboxylic acids is 1. The summed E-state index contributed by atoms with van der Waals surface area (Å²) in [7, 11) is 0. The van der Waals surface area contributed by atoms with Crippen LogP contribution < -0.4 is 5.32 Å². The second-order valence-corrected chi connectivity index (χ2v) is 5.80. The van der Waals surface area contributed by atoms with Crippen LogP contribution in [0.2, 0.25) is 0 Å². The maximum atomic E-state index is 12.0. The molecule has 4 nitrogen and oxygen atoms in total. The monoisotopic (exact) mass is 301 g/mol. The third kappa shape index (κ3) is 4.21. The van der Waals surface area contributed by atoms with Crippen LogP contribution in [0.5, 0.6) is 0 Å². The van der Waals surface area contributed by atoms with E-state index in [1.807, 2.05) is 20.8 Å². The first-order valence-electron chi connectivity index (χ1n) is 7.51. The Morgan fingerprint density at radius 1 is 1.23 bits per heavy atom. The minimum atomic E-state index is -0.237. The van der Waals surface area contributed by atoms with Gasteiger partial charge in [0.2, 0.25) is 0 Å². The summed E-state index contributed by atoms with van der Waals surface area (Å²) < 4.78 is 5.40. The highest BCUT2D eigenvalue weighted by Gasteiger charge is 2.15. The summed E-state index contributed by atoms with van der Waals surface area (Å²) in [4.78, 5) is 12.0. The molecule has 1 aromatic heterocycles. The largest absolute Gasteiger partial charge is 0.456 e. The van der Waals surface area contributed by atoms with E-state index in [1.165, 1.54) is 5.56 Å². The first-order chi connectivity index (χ1) is 10.5. The zero-order chi connectivity index (χ0) is 16.1. The highest BCUT2D eigenvalue weighted by atomic mass is 16.3. The molecule has 1 heterocycles. The van der Waals surface area contributed by atoms with Crippen LogP contribution in [0.25, 0.3) is 0 Å². The van der Waals surface area contributed by atoms with Crippen LogP contribution >= 0.6 is 0 Å². The van der Waals surface area contributed by atoms with E-state index in [9.17, 15) is 9.90 Å². The molecule has 1 amide bonds. The van der Waals surface area contributed by atoms with Crippen LogP contribution in [-0.4, -0.2) is 24.2 Å². The normalized spacial score (nSPS) is 12.2. The molecule has 118 valence electrons. The van der Waals surface area contributed by atoms with Crippen molar-refractivity contribution in [1.29, 1.82) is 0 Å². The molecule has 0 aliphatic carbocycles. The van der Waals surface area contributed by atoms with Crippen molar-refractivity contribution in [3.05, 3.63) is 58.5 Å². The molecule has 2 rings (SSSR count). The zero-order valence-corrected chi connectivity index (χ0v) is 13.3. The predicted octanol–water partition coefficient (Wildman–Crippen LogP) is 2.79. The Labute approximate surface area is 131 Å². The van der Waals surface area contributed by atoms with Crippen molar-refractivity contribution in [2.45, 2.75) is 27.2 Å². The van der Waals surface area contributed by atoms with E-state index >= 15 is 0 Å². The molecular weight excluding hydrogens is 278 g/mol. The number of hydrogen-bond acceptors (Lipinski definition) is 3. The van der Waals surface area contributed by atoms with Crippen LogP contribution in [0.3, 0.4) is 0 Å². The van der Waals surface area contributed by atoms with Crippen molar-refractivity contribution in [2.24, 2.45) is 5.92 Å². The van der Waals surface area contributed by atoms with Gasteiger partial charge < -0.3 is 14.8 Å². The van der Waals surface area contributed by atoms with Gasteiger partial charge in [-0.15, -0.1) is 0 Å². The third-order valence-electron chi connectivity index (χ3n) is 3.84. The maximum absolute atomic E-state index is 12.0. The van der Waals surface area contributed by atoms with Crippen LogP contribution in [-0.2, 0) is 6.42 Å². The molecule has 0 fully saturated rings. The van der Waals surface area contributed by atoms with E-state index < -0.39 is 0 Å². The topological polar surface area (TPSA) is 62.5 Å². The average molecular weight is 301 g/mol. The van der Waals surface area contributed by atoms with Crippen LogP contribution in [0, 0.1) is 26.7 Å². The number of carbonyl (C=O) groups is 1. The Balaban J connectivity index is 1.90. The Morgan fingerprint density at radius 3 is 2.45 bits per heavy atom. The second kappa shape index (κ2) is 7.27. The van der Waals surface area contributed by atoms with Gasteiger partial charge in [0.1, 0.15) is 5.76 Å². The molecule has 2 aromatic rings. The number of amides is 1. The summed E-state index contributed by atoms with van der Waals surface area (Å²) in [6, 6.07) is 9.95. The molecule has 22 heavy (non-hydrogen) atoms. The number of nitrogens with one attached hydrogen (secondary N) is 1. The van der Waals surface area contributed by atoms with E-state index in [1.54, 1.807) is 6.07 Å². The maximum Gasteiger partial charge on any atom is 0.287 e. The quantitative estimate of drug-likeness (QED) is 0.862. The van der Waals surface area contributed by atoms with E-state index in [0.29, 0.717) is 12.3 Å². The summed E-state index contributed by atoms with van der Waals surface area (Å²) in [5.41, 5.74) is 3.33.